The van der Waals surface area contributed by atoms with Gasteiger partial charge in [0.05, 0.1) is 18.8 Å². The molecule has 0 aromatic carbocycles. The fourth-order valence-electron chi connectivity index (χ4n) is 4.68. The highest BCUT2D eigenvalue weighted by Crippen LogP contribution is 2.23. The van der Waals surface area contributed by atoms with Crippen molar-refractivity contribution in [3.05, 3.63) is 56.6 Å². The first-order chi connectivity index (χ1) is 16.4. The Labute approximate surface area is 196 Å². The summed E-state index contributed by atoms with van der Waals surface area (Å²) in [6, 6.07) is 5.85. The third-order valence-corrected chi connectivity index (χ3v) is 6.43. The Morgan fingerprint density at radius 1 is 1.21 bits per heavy atom. The van der Waals surface area contributed by atoms with Gasteiger partial charge in [-0.1, -0.05) is 12.0 Å². The SMILES string of the molecule is CC#CCn1c(N2CCCC(N)C2)nc2c1c(=O)n(Cc1cn3c(C)cccc3n1)c(=O)n2C. The number of anilines is 1. The molecule has 1 fully saturated rings. The number of rotatable bonds is 4. The number of aromatic nitrogens is 6. The Morgan fingerprint density at radius 2 is 2.03 bits per heavy atom. The first kappa shape index (κ1) is 22.0. The van der Waals surface area contributed by atoms with Crippen molar-refractivity contribution in [1.82, 2.24) is 28.1 Å². The molecule has 0 radical (unpaired) electrons. The average Bonchev–Trinajstić information content (AvgIpc) is 3.41. The molecule has 1 saturated heterocycles. The van der Waals surface area contributed by atoms with Crippen molar-refractivity contribution in [2.75, 3.05) is 18.0 Å². The number of nitrogens with zero attached hydrogens (tertiary/aromatic N) is 7. The summed E-state index contributed by atoms with van der Waals surface area (Å²) in [5.41, 5.74) is 8.51. The van der Waals surface area contributed by atoms with Crippen molar-refractivity contribution in [3.8, 4) is 11.8 Å². The second-order valence-electron chi connectivity index (χ2n) is 8.81. The second kappa shape index (κ2) is 8.50. The van der Waals surface area contributed by atoms with Crippen LogP contribution in [0.4, 0.5) is 5.95 Å². The van der Waals surface area contributed by atoms with Gasteiger partial charge in [0.25, 0.3) is 5.56 Å². The Hall–Kier alpha value is -3.84. The summed E-state index contributed by atoms with van der Waals surface area (Å²) in [5, 5.41) is 0. The Bertz CT molecular complexity index is 1580. The van der Waals surface area contributed by atoms with Crippen LogP contribution in [0.3, 0.4) is 0 Å². The van der Waals surface area contributed by atoms with E-state index in [1.165, 1.54) is 9.13 Å². The van der Waals surface area contributed by atoms with E-state index in [-0.39, 0.29) is 12.6 Å². The molecule has 10 heteroatoms. The van der Waals surface area contributed by atoms with Crippen LogP contribution in [0, 0.1) is 18.8 Å². The lowest BCUT2D eigenvalue weighted by Gasteiger charge is -2.31. The fraction of sp³-hybridized carbons (Fsp3) is 0.417. The zero-order valence-electron chi connectivity index (χ0n) is 19.7. The molecule has 1 unspecified atom stereocenters. The number of fused-ring (bicyclic) bond motifs is 2. The first-order valence-corrected chi connectivity index (χ1v) is 11.4. The Balaban J connectivity index is 1.68. The van der Waals surface area contributed by atoms with E-state index in [1.807, 2.05) is 40.3 Å². The molecule has 5 heterocycles. The third kappa shape index (κ3) is 3.58. The van der Waals surface area contributed by atoms with Crippen LogP contribution in [0.2, 0.25) is 0 Å². The van der Waals surface area contributed by atoms with Crippen molar-refractivity contribution in [1.29, 1.82) is 0 Å². The Morgan fingerprint density at radius 3 is 2.76 bits per heavy atom. The van der Waals surface area contributed by atoms with E-state index in [2.05, 4.69) is 21.7 Å². The monoisotopic (exact) mass is 460 g/mol. The second-order valence-corrected chi connectivity index (χ2v) is 8.81. The minimum Gasteiger partial charge on any atom is -0.341 e. The fourth-order valence-corrected chi connectivity index (χ4v) is 4.68. The molecule has 0 saturated carbocycles. The van der Waals surface area contributed by atoms with Crippen LogP contribution in [-0.4, -0.2) is 47.2 Å². The van der Waals surface area contributed by atoms with Gasteiger partial charge in [-0.3, -0.25) is 18.5 Å². The first-order valence-electron chi connectivity index (χ1n) is 11.4. The molecule has 0 aliphatic carbocycles. The molecular formula is C24H28N8O2. The molecule has 10 nitrogen and oxygen atoms in total. The minimum atomic E-state index is -0.431. The summed E-state index contributed by atoms with van der Waals surface area (Å²) >= 11 is 0. The maximum absolute atomic E-state index is 13.7. The van der Waals surface area contributed by atoms with Crippen molar-refractivity contribution in [3.63, 3.8) is 0 Å². The minimum absolute atomic E-state index is 0.0400. The number of nitrogens with two attached hydrogens (primary N) is 1. The van der Waals surface area contributed by atoms with Gasteiger partial charge < -0.3 is 15.0 Å². The quantitative estimate of drug-likeness (QED) is 0.453. The summed E-state index contributed by atoms with van der Waals surface area (Å²) in [5.74, 6) is 6.58. The Kier molecular flexibility index (Phi) is 5.49. The molecule has 34 heavy (non-hydrogen) atoms. The summed E-state index contributed by atoms with van der Waals surface area (Å²) < 4.78 is 6.42. The van der Waals surface area contributed by atoms with Gasteiger partial charge in [0.15, 0.2) is 11.2 Å². The predicted molar refractivity (Wildman–Crippen MR) is 131 cm³/mol. The maximum atomic E-state index is 13.7. The van der Waals surface area contributed by atoms with E-state index >= 15 is 0 Å². The van der Waals surface area contributed by atoms with E-state index in [1.54, 1.807) is 14.0 Å². The third-order valence-electron chi connectivity index (χ3n) is 6.43. The summed E-state index contributed by atoms with van der Waals surface area (Å²) in [4.78, 5) is 38.4. The van der Waals surface area contributed by atoms with Crippen molar-refractivity contribution in [2.24, 2.45) is 12.8 Å². The molecule has 4 aromatic heterocycles. The van der Waals surface area contributed by atoms with Crippen molar-refractivity contribution in [2.45, 2.75) is 45.8 Å². The molecule has 2 N–H and O–H groups in total. The lowest BCUT2D eigenvalue weighted by molar-refractivity contribution is 0.496. The van der Waals surface area contributed by atoms with Crippen molar-refractivity contribution < 1.29 is 0 Å². The van der Waals surface area contributed by atoms with Gasteiger partial charge in [0.2, 0.25) is 5.95 Å². The standard InChI is InChI=1S/C24H28N8O2/c1-4-5-12-30-20-21(27-23(30)29-11-7-9-17(25)13-29)28(3)24(34)32(22(20)33)15-18-14-31-16(2)8-6-10-19(31)26-18/h6,8,10,14,17H,7,9,11-13,15,25H2,1-3H3. The van der Waals surface area contributed by atoms with Gasteiger partial charge in [-0.05, 0) is 38.8 Å². The molecule has 1 aliphatic heterocycles. The highest BCUT2D eigenvalue weighted by Gasteiger charge is 2.26. The number of hydrogen-bond donors (Lipinski definition) is 1. The summed E-state index contributed by atoms with van der Waals surface area (Å²) in [7, 11) is 1.64. The number of aryl methyl sites for hydroxylation is 2. The highest BCUT2D eigenvalue weighted by molar-refractivity contribution is 5.75. The predicted octanol–water partition coefficient (Wildman–Crippen LogP) is 0.852. The molecule has 1 atom stereocenters. The number of piperidine rings is 1. The molecule has 0 bridgehead atoms. The van der Waals surface area contributed by atoms with Gasteiger partial charge in [-0.15, -0.1) is 5.92 Å². The van der Waals surface area contributed by atoms with Gasteiger partial charge >= 0.3 is 5.69 Å². The van der Waals surface area contributed by atoms with E-state index in [9.17, 15) is 9.59 Å². The molecule has 4 aromatic rings. The normalized spacial score (nSPS) is 16.2. The van der Waals surface area contributed by atoms with E-state index in [0.29, 0.717) is 35.9 Å². The molecule has 0 spiro atoms. The highest BCUT2D eigenvalue weighted by atomic mass is 16.2. The molecular weight excluding hydrogens is 432 g/mol. The van der Waals surface area contributed by atoms with Gasteiger partial charge in [-0.2, -0.15) is 4.98 Å². The average molecular weight is 461 g/mol. The number of pyridine rings is 1. The maximum Gasteiger partial charge on any atom is 0.332 e. The smallest absolute Gasteiger partial charge is 0.332 e. The van der Waals surface area contributed by atoms with Crippen LogP contribution >= 0.6 is 0 Å². The van der Waals surface area contributed by atoms with Crippen LogP contribution in [0.5, 0.6) is 0 Å². The van der Waals surface area contributed by atoms with Gasteiger partial charge in [0.1, 0.15) is 5.65 Å². The lowest BCUT2D eigenvalue weighted by Crippen LogP contribution is -2.44. The van der Waals surface area contributed by atoms with Crippen LogP contribution in [0.25, 0.3) is 16.8 Å². The zero-order chi connectivity index (χ0) is 24.0. The largest absolute Gasteiger partial charge is 0.341 e. The van der Waals surface area contributed by atoms with Crippen LogP contribution < -0.4 is 21.9 Å². The van der Waals surface area contributed by atoms with Gasteiger partial charge in [0, 0.05) is 38.1 Å². The molecule has 176 valence electrons. The molecule has 1 aliphatic rings. The molecule has 0 amide bonds. The van der Waals surface area contributed by atoms with Crippen LogP contribution in [0.1, 0.15) is 31.2 Å². The van der Waals surface area contributed by atoms with E-state index < -0.39 is 11.2 Å². The number of imidazole rings is 2. The zero-order valence-corrected chi connectivity index (χ0v) is 19.7. The van der Waals surface area contributed by atoms with Crippen LogP contribution in [-0.2, 0) is 20.1 Å². The molecule has 5 rings (SSSR count). The van der Waals surface area contributed by atoms with E-state index in [0.717, 1.165) is 30.7 Å². The van der Waals surface area contributed by atoms with Crippen LogP contribution in [0.15, 0.2) is 34.0 Å². The van der Waals surface area contributed by atoms with Crippen molar-refractivity contribution >= 4 is 22.8 Å². The van der Waals surface area contributed by atoms with Gasteiger partial charge in [-0.25, -0.2) is 9.78 Å². The summed E-state index contributed by atoms with van der Waals surface area (Å²) in [6.45, 7) is 5.54. The summed E-state index contributed by atoms with van der Waals surface area (Å²) in [6.07, 6.45) is 3.76. The topological polar surface area (TPSA) is 108 Å². The number of hydrogen-bond acceptors (Lipinski definition) is 6. The van der Waals surface area contributed by atoms with E-state index in [4.69, 9.17) is 10.7 Å². The lowest BCUT2D eigenvalue weighted by atomic mass is 10.1.